The molecule has 0 spiro atoms. The van der Waals surface area contributed by atoms with Crippen molar-refractivity contribution in [1.82, 2.24) is 4.98 Å². The first-order chi connectivity index (χ1) is 9.95. The molecule has 2 aromatic carbocycles. The van der Waals surface area contributed by atoms with Gasteiger partial charge >= 0.3 is 0 Å². The molecular formula is C17H15Br2NO. The van der Waals surface area contributed by atoms with E-state index in [1.54, 1.807) is 0 Å². The van der Waals surface area contributed by atoms with Crippen molar-refractivity contribution >= 4 is 43.0 Å². The van der Waals surface area contributed by atoms with E-state index < -0.39 is 0 Å². The van der Waals surface area contributed by atoms with Gasteiger partial charge in [-0.2, -0.15) is 0 Å². The van der Waals surface area contributed by atoms with Gasteiger partial charge in [-0.25, -0.2) is 4.98 Å². The third-order valence-electron chi connectivity index (χ3n) is 3.61. The Balaban J connectivity index is 2.13. The van der Waals surface area contributed by atoms with E-state index in [2.05, 4.69) is 69.7 Å². The normalized spacial score (nSPS) is 11.5. The Morgan fingerprint density at radius 2 is 1.71 bits per heavy atom. The molecule has 3 aromatic rings. The van der Waals surface area contributed by atoms with E-state index in [1.807, 2.05) is 18.2 Å². The van der Waals surface area contributed by atoms with Gasteiger partial charge in [0.25, 0.3) is 0 Å². The fourth-order valence-corrected chi connectivity index (χ4v) is 3.38. The van der Waals surface area contributed by atoms with Gasteiger partial charge in [-0.3, -0.25) is 0 Å². The number of hydrogen-bond donors (Lipinski definition) is 0. The summed E-state index contributed by atoms with van der Waals surface area (Å²) in [7, 11) is 0. The molecule has 21 heavy (non-hydrogen) atoms. The van der Waals surface area contributed by atoms with Gasteiger partial charge in [-0.15, -0.1) is 0 Å². The summed E-state index contributed by atoms with van der Waals surface area (Å²) in [5.74, 6) is 1.13. The lowest BCUT2D eigenvalue weighted by Crippen LogP contribution is -1.86. The standard InChI is InChI=1S/C17H15Br2NO/c1-9(2)11-4-5-16-15(8-11)20-17(21-16)12-6-13(18)10(3)14(19)7-12/h4-9H,1-3H3. The monoisotopic (exact) mass is 407 g/mol. The van der Waals surface area contributed by atoms with Crippen LogP contribution in [-0.2, 0) is 0 Å². The summed E-state index contributed by atoms with van der Waals surface area (Å²) in [5, 5.41) is 0. The van der Waals surface area contributed by atoms with Crippen molar-refractivity contribution in [3.63, 3.8) is 0 Å². The number of benzene rings is 2. The maximum absolute atomic E-state index is 5.89. The van der Waals surface area contributed by atoms with Gasteiger partial charge in [0, 0.05) is 14.5 Å². The van der Waals surface area contributed by atoms with Crippen molar-refractivity contribution in [2.45, 2.75) is 26.7 Å². The van der Waals surface area contributed by atoms with Crippen LogP contribution in [0.2, 0.25) is 0 Å². The van der Waals surface area contributed by atoms with E-state index in [0.29, 0.717) is 11.8 Å². The van der Waals surface area contributed by atoms with E-state index in [4.69, 9.17) is 4.42 Å². The van der Waals surface area contributed by atoms with E-state index in [0.717, 1.165) is 31.2 Å². The number of hydrogen-bond acceptors (Lipinski definition) is 2. The molecule has 0 amide bonds. The maximum Gasteiger partial charge on any atom is 0.227 e. The Morgan fingerprint density at radius 1 is 1.05 bits per heavy atom. The number of aromatic nitrogens is 1. The number of oxazole rings is 1. The second-order valence-corrected chi connectivity index (χ2v) is 7.17. The van der Waals surface area contributed by atoms with Crippen molar-refractivity contribution < 1.29 is 4.42 Å². The minimum absolute atomic E-state index is 0.484. The molecule has 0 bridgehead atoms. The van der Waals surface area contributed by atoms with Gasteiger partial charge in [0.05, 0.1) is 0 Å². The molecule has 0 atom stereocenters. The summed E-state index contributed by atoms with van der Waals surface area (Å²) in [4.78, 5) is 4.63. The average molecular weight is 409 g/mol. The van der Waals surface area contributed by atoms with E-state index in [-0.39, 0.29) is 0 Å². The number of rotatable bonds is 2. The van der Waals surface area contributed by atoms with Crippen LogP contribution in [0.1, 0.15) is 30.9 Å². The van der Waals surface area contributed by atoms with E-state index >= 15 is 0 Å². The highest BCUT2D eigenvalue weighted by Gasteiger charge is 2.12. The molecule has 0 radical (unpaired) electrons. The quantitative estimate of drug-likeness (QED) is 0.486. The van der Waals surface area contributed by atoms with Gasteiger partial charge in [0.15, 0.2) is 5.58 Å². The van der Waals surface area contributed by atoms with Crippen LogP contribution < -0.4 is 0 Å². The summed E-state index contributed by atoms with van der Waals surface area (Å²) in [6.07, 6.45) is 0. The molecular weight excluding hydrogens is 394 g/mol. The molecule has 3 rings (SSSR count). The zero-order chi connectivity index (χ0) is 15.1. The lowest BCUT2D eigenvalue weighted by atomic mass is 10.0. The molecule has 0 aliphatic carbocycles. The molecule has 0 fully saturated rings. The number of nitrogens with zero attached hydrogens (tertiary/aromatic N) is 1. The van der Waals surface area contributed by atoms with Crippen LogP contribution >= 0.6 is 31.9 Å². The van der Waals surface area contributed by atoms with Gasteiger partial charge in [0.1, 0.15) is 5.52 Å². The lowest BCUT2D eigenvalue weighted by molar-refractivity contribution is 0.619. The second kappa shape index (κ2) is 5.58. The maximum atomic E-state index is 5.89. The van der Waals surface area contributed by atoms with Crippen LogP contribution in [0.5, 0.6) is 0 Å². The van der Waals surface area contributed by atoms with E-state index in [1.165, 1.54) is 5.56 Å². The summed E-state index contributed by atoms with van der Waals surface area (Å²) in [5.41, 5.74) is 5.12. The minimum atomic E-state index is 0.484. The van der Waals surface area contributed by atoms with Crippen LogP contribution in [0.3, 0.4) is 0 Å². The van der Waals surface area contributed by atoms with Crippen LogP contribution in [0.15, 0.2) is 43.7 Å². The van der Waals surface area contributed by atoms with Gasteiger partial charge in [-0.1, -0.05) is 51.8 Å². The van der Waals surface area contributed by atoms with Crippen LogP contribution in [0.4, 0.5) is 0 Å². The first-order valence-corrected chi connectivity index (χ1v) is 8.41. The second-order valence-electron chi connectivity index (χ2n) is 5.47. The minimum Gasteiger partial charge on any atom is -0.436 e. The lowest BCUT2D eigenvalue weighted by Gasteiger charge is -2.03. The Bertz CT molecular complexity index is 798. The summed E-state index contributed by atoms with van der Waals surface area (Å²) in [6, 6.07) is 10.3. The predicted octanol–water partition coefficient (Wildman–Crippen LogP) is 6.45. The molecule has 0 aliphatic rings. The number of fused-ring (bicyclic) bond motifs is 1. The van der Waals surface area contributed by atoms with Crippen LogP contribution in [-0.4, -0.2) is 4.98 Å². The fourth-order valence-electron chi connectivity index (χ4n) is 2.20. The summed E-state index contributed by atoms with van der Waals surface area (Å²) < 4.78 is 7.96. The largest absolute Gasteiger partial charge is 0.436 e. The molecule has 0 saturated heterocycles. The smallest absolute Gasteiger partial charge is 0.227 e. The van der Waals surface area contributed by atoms with Gasteiger partial charge in [0.2, 0.25) is 5.89 Å². The highest BCUT2D eigenvalue weighted by molar-refractivity contribution is 9.11. The van der Waals surface area contributed by atoms with E-state index in [9.17, 15) is 0 Å². The van der Waals surface area contributed by atoms with Crippen molar-refractivity contribution in [1.29, 1.82) is 0 Å². The van der Waals surface area contributed by atoms with Crippen LogP contribution in [0.25, 0.3) is 22.6 Å². The third-order valence-corrected chi connectivity index (χ3v) is 5.25. The predicted molar refractivity (Wildman–Crippen MR) is 93.7 cm³/mol. The Labute approximate surface area is 140 Å². The summed E-state index contributed by atoms with van der Waals surface area (Å²) >= 11 is 7.14. The Morgan fingerprint density at radius 3 is 2.33 bits per heavy atom. The third kappa shape index (κ3) is 2.79. The molecule has 1 heterocycles. The molecule has 1 aromatic heterocycles. The molecule has 0 unspecified atom stereocenters. The fraction of sp³-hybridized carbons (Fsp3) is 0.235. The highest BCUT2D eigenvalue weighted by Crippen LogP contribution is 2.33. The average Bonchev–Trinajstić information content (AvgIpc) is 2.86. The van der Waals surface area contributed by atoms with Crippen molar-refractivity contribution in [2.75, 3.05) is 0 Å². The highest BCUT2D eigenvalue weighted by atomic mass is 79.9. The molecule has 108 valence electrons. The van der Waals surface area contributed by atoms with Gasteiger partial charge in [-0.05, 0) is 48.2 Å². The Kier molecular flexibility index (Phi) is 3.93. The zero-order valence-corrected chi connectivity index (χ0v) is 15.2. The number of halogens is 2. The molecule has 4 heteroatoms. The van der Waals surface area contributed by atoms with Crippen molar-refractivity contribution in [2.24, 2.45) is 0 Å². The van der Waals surface area contributed by atoms with Crippen molar-refractivity contribution in [3.05, 3.63) is 50.4 Å². The first kappa shape index (κ1) is 14.8. The van der Waals surface area contributed by atoms with Crippen LogP contribution in [0, 0.1) is 6.92 Å². The summed E-state index contributed by atoms with van der Waals surface area (Å²) in [6.45, 7) is 6.41. The molecule has 0 saturated carbocycles. The first-order valence-electron chi connectivity index (χ1n) is 6.82. The van der Waals surface area contributed by atoms with Crippen molar-refractivity contribution in [3.8, 4) is 11.5 Å². The zero-order valence-electron chi connectivity index (χ0n) is 12.1. The topological polar surface area (TPSA) is 26.0 Å². The van der Waals surface area contributed by atoms with Gasteiger partial charge < -0.3 is 4.42 Å². The SMILES string of the molecule is Cc1c(Br)cc(-c2nc3cc(C(C)C)ccc3o2)cc1Br. The Hall–Kier alpha value is -1.13. The molecule has 0 N–H and O–H groups in total. The molecule has 2 nitrogen and oxygen atoms in total. The molecule has 0 aliphatic heterocycles.